The molecular weight excluding hydrogens is 254 g/mol. The van der Waals surface area contributed by atoms with Crippen LogP contribution in [0.25, 0.3) is 0 Å². The van der Waals surface area contributed by atoms with Gasteiger partial charge in [0.15, 0.2) is 5.79 Å². The van der Waals surface area contributed by atoms with Crippen molar-refractivity contribution in [3.05, 3.63) is 0 Å². The lowest BCUT2D eigenvalue weighted by Crippen LogP contribution is -2.47. The average Bonchev–Trinajstić information content (AvgIpc) is 2.24. The van der Waals surface area contributed by atoms with Gasteiger partial charge in [-0.1, -0.05) is 26.2 Å². The highest BCUT2D eigenvalue weighted by molar-refractivity contribution is 7.89. The number of aliphatic hydroxyl groups is 2. The Morgan fingerprint density at radius 1 is 1.17 bits per heavy atom. The maximum absolute atomic E-state index is 10.8. The molecule has 4 N–H and O–H groups in total. The number of unbranched alkanes of at least 4 members (excludes halogenated alkanes) is 1. The van der Waals surface area contributed by atoms with Gasteiger partial charge in [-0.2, -0.15) is 0 Å². The summed E-state index contributed by atoms with van der Waals surface area (Å²) in [7, 11) is -3.45. The molecule has 1 aliphatic rings. The van der Waals surface area contributed by atoms with Crippen LogP contribution in [-0.4, -0.2) is 30.2 Å². The number of sulfonamides is 1. The van der Waals surface area contributed by atoms with Crippen molar-refractivity contribution in [1.82, 2.24) is 0 Å². The lowest BCUT2D eigenvalue weighted by Gasteiger charge is -2.44. The molecule has 0 amide bonds. The Labute approximate surface area is 109 Å². The van der Waals surface area contributed by atoms with Crippen LogP contribution in [-0.2, 0) is 10.0 Å². The van der Waals surface area contributed by atoms with E-state index in [0.717, 1.165) is 32.1 Å². The monoisotopic (exact) mass is 279 g/mol. The molecule has 0 heterocycles. The van der Waals surface area contributed by atoms with E-state index < -0.39 is 21.2 Å². The van der Waals surface area contributed by atoms with Gasteiger partial charge in [0.05, 0.1) is 5.75 Å². The standard InChI is InChI=1S/C12H25NO4S/c1-11(7-3-2-4-8-11)12(14,15)9-5-6-10-18(13,16)17/h14-15H,2-10H2,1H3,(H2,13,16,17). The first-order valence-corrected chi connectivity index (χ1v) is 8.33. The van der Waals surface area contributed by atoms with Crippen molar-refractivity contribution in [2.75, 3.05) is 5.75 Å². The van der Waals surface area contributed by atoms with Gasteiger partial charge in [-0.3, -0.25) is 0 Å². The fourth-order valence-corrected chi connectivity index (χ4v) is 3.32. The summed E-state index contributed by atoms with van der Waals surface area (Å²) in [6.07, 6.45) is 5.87. The van der Waals surface area contributed by atoms with Crippen molar-refractivity contribution in [2.45, 2.75) is 64.1 Å². The van der Waals surface area contributed by atoms with Crippen molar-refractivity contribution >= 4 is 10.0 Å². The van der Waals surface area contributed by atoms with Crippen LogP contribution in [0.5, 0.6) is 0 Å². The Hall–Kier alpha value is -0.170. The highest BCUT2D eigenvalue weighted by Crippen LogP contribution is 2.45. The minimum Gasteiger partial charge on any atom is -0.365 e. The van der Waals surface area contributed by atoms with E-state index in [0.29, 0.717) is 12.8 Å². The Bertz CT molecular complexity index is 358. The Morgan fingerprint density at radius 3 is 2.22 bits per heavy atom. The lowest BCUT2D eigenvalue weighted by atomic mass is 9.68. The summed E-state index contributed by atoms with van der Waals surface area (Å²) in [4.78, 5) is 0. The molecule has 0 aromatic carbocycles. The second kappa shape index (κ2) is 5.86. The highest BCUT2D eigenvalue weighted by Gasteiger charge is 2.45. The molecule has 6 heteroatoms. The molecule has 0 aliphatic heterocycles. The van der Waals surface area contributed by atoms with Crippen LogP contribution in [0.4, 0.5) is 0 Å². The molecule has 18 heavy (non-hydrogen) atoms. The number of nitrogens with two attached hydrogens (primary N) is 1. The van der Waals surface area contributed by atoms with E-state index in [1.165, 1.54) is 0 Å². The number of hydrogen-bond donors (Lipinski definition) is 3. The van der Waals surface area contributed by atoms with Crippen molar-refractivity contribution in [3.63, 3.8) is 0 Å². The van der Waals surface area contributed by atoms with E-state index >= 15 is 0 Å². The van der Waals surface area contributed by atoms with Crippen LogP contribution in [0.15, 0.2) is 0 Å². The van der Waals surface area contributed by atoms with E-state index in [9.17, 15) is 18.6 Å². The largest absolute Gasteiger partial charge is 0.365 e. The van der Waals surface area contributed by atoms with Gasteiger partial charge in [-0.05, 0) is 25.7 Å². The molecule has 108 valence electrons. The summed E-state index contributed by atoms with van der Waals surface area (Å²) in [5.41, 5.74) is -0.465. The summed E-state index contributed by atoms with van der Waals surface area (Å²) in [6, 6.07) is 0. The van der Waals surface area contributed by atoms with Gasteiger partial charge in [0, 0.05) is 11.8 Å². The first kappa shape index (κ1) is 15.9. The predicted octanol–water partition coefficient (Wildman–Crippen LogP) is 1.10. The van der Waals surface area contributed by atoms with Crippen molar-refractivity contribution < 1.29 is 18.6 Å². The van der Waals surface area contributed by atoms with Gasteiger partial charge in [-0.25, -0.2) is 13.6 Å². The summed E-state index contributed by atoms with van der Waals surface area (Å²) < 4.78 is 21.5. The molecule has 0 aromatic heterocycles. The molecule has 0 bridgehead atoms. The Kier molecular flexibility index (Phi) is 5.17. The van der Waals surface area contributed by atoms with E-state index in [2.05, 4.69) is 0 Å². The zero-order valence-electron chi connectivity index (χ0n) is 11.1. The smallest absolute Gasteiger partial charge is 0.209 e. The fraction of sp³-hybridized carbons (Fsp3) is 1.00. The molecule has 1 aliphatic carbocycles. The Morgan fingerprint density at radius 2 is 1.72 bits per heavy atom. The van der Waals surface area contributed by atoms with E-state index in [1.54, 1.807) is 0 Å². The van der Waals surface area contributed by atoms with E-state index in [1.807, 2.05) is 6.92 Å². The third kappa shape index (κ3) is 4.50. The minimum absolute atomic E-state index is 0.0974. The summed E-state index contributed by atoms with van der Waals surface area (Å²) in [5, 5.41) is 25.3. The van der Waals surface area contributed by atoms with Gasteiger partial charge in [0.1, 0.15) is 0 Å². The molecule has 0 radical (unpaired) electrons. The zero-order valence-corrected chi connectivity index (χ0v) is 11.9. The number of rotatable bonds is 6. The average molecular weight is 279 g/mol. The van der Waals surface area contributed by atoms with E-state index in [4.69, 9.17) is 5.14 Å². The molecule has 1 fully saturated rings. The second-order valence-corrected chi connectivity index (χ2v) is 7.50. The molecule has 1 rings (SSSR count). The van der Waals surface area contributed by atoms with Gasteiger partial charge < -0.3 is 10.2 Å². The molecular formula is C12H25NO4S. The predicted molar refractivity (Wildman–Crippen MR) is 70.2 cm³/mol. The highest BCUT2D eigenvalue weighted by atomic mass is 32.2. The third-order valence-electron chi connectivity index (χ3n) is 4.13. The van der Waals surface area contributed by atoms with Crippen LogP contribution in [0.3, 0.4) is 0 Å². The van der Waals surface area contributed by atoms with Gasteiger partial charge in [0.2, 0.25) is 10.0 Å². The molecule has 1 saturated carbocycles. The number of hydrogen-bond acceptors (Lipinski definition) is 4. The summed E-state index contributed by atoms with van der Waals surface area (Å²) in [6.45, 7) is 1.91. The topological polar surface area (TPSA) is 101 Å². The number of primary sulfonamides is 1. The molecule has 0 spiro atoms. The van der Waals surface area contributed by atoms with Crippen LogP contribution in [0.2, 0.25) is 0 Å². The molecule has 5 nitrogen and oxygen atoms in total. The maximum Gasteiger partial charge on any atom is 0.209 e. The fourth-order valence-electron chi connectivity index (χ4n) is 2.71. The first-order chi connectivity index (χ1) is 8.16. The normalized spacial score (nSPS) is 20.9. The van der Waals surface area contributed by atoms with Crippen molar-refractivity contribution in [1.29, 1.82) is 0 Å². The Balaban J connectivity index is 2.43. The maximum atomic E-state index is 10.8. The van der Waals surface area contributed by atoms with Gasteiger partial charge >= 0.3 is 0 Å². The van der Waals surface area contributed by atoms with Crippen LogP contribution >= 0.6 is 0 Å². The molecule has 0 saturated heterocycles. The van der Waals surface area contributed by atoms with Crippen LogP contribution in [0.1, 0.15) is 58.3 Å². The van der Waals surface area contributed by atoms with Crippen molar-refractivity contribution in [2.24, 2.45) is 10.6 Å². The second-order valence-electron chi connectivity index (χ2n) is 5.76. The van der Waals surface area contributed by atoms with Gasteiger partial charge in [0.25, 0.3) is 0 Å². The quantitative estimate of drug-likeness (QED) is 0.500. The summed E-state index contributed by atoms with van der Waals surface area (Å²) >= 11 is 0. The minimum atomic E-state index is -3.45. The van der Waals surface area contributed by atoms with Gasteiger partial charge in [-0.15, -0.1) is 0 Å². The SMILES string of the molecule is CC1(C(O)(O)CCCCS(N)(=O)=O)CCCCC1. The molecule has 0 atom stereocenters. The lowest BCUT2D eigenvalue weighted by molar-refractivity contribution is -0.251. The third-order valence-corrected chi connectivity index (χ3v) is 4.99. The first-order valence-electron chi connectivity index (χ1n) is 6.62. The summed E-state index contributed by atoms with van der Waals surface area (Å²) in [5.74, 6) is -1.80. The van der Waals surface area contributed by atoms with Crippen LogP contribution in [0, 0.1) is 5.41 Å². The zero-order chi connectivity index (χ0) is 13.9. The van der Waals surface area contributed by atoms with Crippen LogP contribution < -0.4 is 5.14 Å². The van der Waals surface area contributed by atoms with E-state index in [-0.39, 0.29) is 12.2 Å². The van der Waals surface area contributed by atoms with Crippen molar-refractivity contribution in [3.8, 4) is 0 Å². The molecule has 0 unspecified atom stereocenters. The molecule has 0 aromatic rings.